The number of hydrogen-bond donors (Lipinski definition) is 3. The first-order valence-corrected chi connectivity index (χ1v) is 19.6. The van der Waals surface area contributed by atoms with Gasteiger partial charge in [0.15, 0.2) is 0 Å². The van der Waals surface area contributed by atoms with Gasteiger partial charge in [-0.2, -0.15) is 15.3 Å². The number of benzene rings is 6. The fraction of sp³-hybridized carbons (Fsp3) is 0. The number of nitrogens with two attached hydrogens (primary N) is 1. The van der Waals surface area contributed by atoms with Gasteiger partial charge in [0.05, 0.1) is 43.1 Å². The number of nitrogens with one attached hydrogen (secondary N) is 1. The van der Waals surface area contributed by atoms with Gasteiger partial charge >= 0.3 is 88.7 Å². The summed E-state index contributed by atoms with van der Waals surface area (Å²) >= 11 is 0. The monoisotopic (exact) mass is 868 g/mol. The van der Waals surface area contributed by atoms with E-state index in [1.807, 2.05) is 0 Å². The number of nitrogen functional groups attached to an aromatic ring is 1. The molecule has 0 atom stereocenters. The Morgan fingerprint density at radius 2 is 0.948 bits per heavy atom. The van der Waals surface area contributed by atoms with Gasteiger partial charge in [-0.05, 0) is 102 Å². The molecular formula is C34H23N8Na3O10S3. The topological polar surface area (TPSA) is 304 Å². The average molecular weight is 869 g/mol. The minimum Gasteiger partial charge on any atom is -0.744 e. The second kappa shape index (κ2) is 20.2. The molecule has 24 heteroatoms. The third-order valence-electron chi connectivity index (χ3n) is 7.50. The van der Waals surface area contributed by atoms with Gasteiger partial charge in [0.2, 0.25) is 0 Å². The molecule has 0 aromatic heterocycles. The summed E-state index contributed by atoms with van der Waals surface area (Å²) in [6.45, 7) is 0. The minimum absolute atomic E-state index is 0. The first kappa shape index (κ1) is 48.9. The SMILES string of the molecule is Nc1cc(O)ccc1N=Nc1ccc(Nc2ccc(N=Nc3cc4cc(N=Nc5ccccc5)c(S(=O)(=O)[O-])cc4cc3S(=O)(=O)[O-])cc2S(=O)(=O)[O-])cc1.[Na+].[Na+].[Na+]. The molecule has 6 aromatic carbocycles. The van der Waals surface area contributed by atoms with Crippen molar-refractivity contribution in [3.05, 3.63) is 115 Å². The van der Waals surface area contributed by atoms with E-state index in [9.17, 15) is 44.0 Å². The number of hydrogen-bond acceptors (Lipinski definition) is 18. The van der Waals surface area contributed by atoms with Crippen LogP contribution in [0.5, 0.6) is 5.75 Å². The normalized spacial score (nSPS) is 12.0. The standard InChI is InChI=1S/C34H26N8O10S3.3Na/c35-27-19-26(43)11-13-28(27)40-38-24-8-6-22(7-9-24)36-29-12-10-25(18-34(29)55(50,51)52)39-42-31-15-20-14-30(41-37-23-4-2-1-3-5-23)32(53(44,45)46)16-21(20)17-33(31)54(47,48)49;;;/h1-19,36,43H,35H2,(H,44,45,46)(H,47,48,49)(H,50,51,52);;;/q;3*+1/p-3. The second-order valence-corrected chi connectivity index (χ2v) is 15.4. The van der Waals surface area contributed by atoms with Crippen LogP contribution in [0, 0.1) is 0 Å². The Labute approximate surface area is 397 Å². The average Bonchev–Trinajstić information content (AvgIpc) is 3.12. The molecule has 0 bridgehead atoms. The Bertz CT molecular complexity index is 2910. The zero-order valence-corrected chi connectivity index (χ0v) is 39.0. The molecule has 4 N–H and O–H groups in total. The van der Waals surface area contributed by atoms with Crippen molar-refractivity contribution < 1.29 is 133 Å². The van der Waals surface area contributed by atoms with E-state index in [0.717, 1.165) is 30.3 Å². The van der Waals surface area contributed by atoms with Gasteiger partial charge in [0.1, 0.15) is 53.2 Å². The summed E-state index contributed by atoms with van der Waals surface area (Å²) in [4.78, 5) is -2.52. The molecular weight excluding hydrogens is 846 g/mol. The van der Waals surface area contributed by atoms with Gasteiger partial charge in [-0.1, -0.05) is 18.2 Å². The predicted octanol–water partition coefficient (Wildman–Crippen LogP) is -1.16. The van der Waals surface area contributed by atoms with E-state index < -0.39 is 56.4 Å². The van der Waals surface area contributed by atoms with Crippen LogP contribution in [0.15, 0.2) is 161 Å². The summed E-state index contributed by atoms with van der Waals surface area (Å²) in [5.74, 6) is -0.0337. The summed E-state index contributed by atoms with van der Waals surface area (Å²) < 4.78 is 110. The fourth-order valence-corrected chi connectivity index (χ4v) is 6.86. The quantitative estimate of drug-likeness (QED) is 0.0602. The van der Waals surface area contributed by atoms with Crippen molar-refractivity contribution in [3.63, 3.8) is 0 Å². The van der Waals surface area contributed by atoms with Gasteiger partial charge < -0.3 is 29.8 Å². The van der Waals surface area contributed by atoms with Crippen molar-refractivity contribution >= 4 is 92.3 Å². The molecule has 0 heterocycles. The van der Waals surface area contributed by atoms with Crippen molar-refractivity contribution in [2.45, 2.75) is 14.7 Å². The van der Waals surface area contributed by atoms with Crippen LogP contribution < -0.4 is 99.7 Å². The van der Waals surface area contributed by atoms with E-state index in [-0.39, 0.29) is 122 Å². The van der Waals surface area contributed by atoms with E-state index in [0.29, 0.717) is 22.7 Å². The fourth-order valence-electron chi connectivity index (χ4n) is 4.95. The number of aromatic hydroxyl groups is 1. The predicted molar refractivity (Wildman–Crippen MR) is 195 cm³/mol. The van der Waals surface area contributed by atoms with Crippen molar-refractivity contribution in [3.8, 4) is 5.75 Å². The summed E-state index contributed by atoms with van der Waals surface area (Å²) in [5, 5.41) is 35.9. The summed E-state index contributed by atoms with van der Waals surface area (Å²) in [6, 6.07) is 25.6. The summed E-state index contributed by atoms with van der Waals surface area (Å²) in [5.41, 5.74) is 6.10. The van der Waals surface area contributed by atoms with Crippen LogP contribution in [0.3, 0.4) is 0 Å². The van der Waals surface area contributed by atoms with E-state index >= 15 is 0 Å². The smallest absolute Gasteiger partial charge is 0.744 e. The maximum absolute atomic E-state index is 12.3. The van der Waals surface area contributed by atoms with Crippen LogP contribution >= 0.6 is 0 Å². The molecule has 0 spiro atoms. The van der Waals surface area contributed by atoms with Gasteiger partial charge in [-0.15, -0.1) is 15.3 Å². The van der Waals surface area contributed by atoms with Gasteiger partial charge in [0.25, 0.3) is 0 Å². The number of azo groups is 3. The number of nitrogens with zero attached hydrogens (tertiary/aromatic N) is 6. The number of rotatable bonds is 11. The van der Waals surface area contributed by atoms with Gasteiger partial charge in [-0.3, -0.25) is 0 Å². The zero-order valence-electron chi connectivity index (χ0n) is 30.6. The number of anilines is 3. The Kier molecular flexibility index (Phi) is 17.0. The number of phenols is 1. The van der Waals surface area contributed by atoms with E-state index in [1.165, 1.54) is 54.6 Å². The Hall–Kier alpha value is -3.49. The van der Waals surface area contributed by atoms with E-state index in [1.54, 1.807) is 30.3 Å². The second-order valence-electron chi connectivity index (χ2n) is 11.4. The largest absolute Gasteiger partial charge is 1.00 e. The van der Waals surface area contributed by atoms with Crippen LogP contribution in [-0.4, -0.2) is 44.0 Å². The zero-order chi connectivity index (χ0) is 39.5. The molecule has 0 aliphatic heterocycles. The van der Waals surface area contributed by atoms with Crippen LogP contribution in [-0.2, 0) is 30.4 Å². The molecule has 0 aliphatic carbocycles. The molecule has 280 valence electrons. The molecule has 0 fully saturated rings. The van der Waals surface area contributed by atoms with Crippen molar-refractivity contribution in [2.75, 3.05) is 11.1 Å². The number of phenolic OH excluding ortho intramolecular Hbond substituents is 1. The molecule has 0 saturated heterocycles. The minimum atomic E-state index is -5.29. The number of fused-ring (bicyclic) bond motifs is 1. The van der Waals surface area contributed by atoms with Crippen molar-refractivity contribution in [1.82, 2.24) is 0 Å². The van der Waals surface area contributed by atoms with Gasteiger partial charge in [0, 0.05) is 11.8 Å². The summed E-state index contributed by atoms with van der Waals surface area (Å²) in [7, 11) is -15.6. The first-order valence-electron chi connectivity index (χ1n) is 15.3. The maximum atomic E-state index is 12.3. The molecule has 0 amide bonds. The molecule has 0 radical (unpaired) electrons. The van der Waals surface area contributed by atoms with Crippen molar-refractivity contribution in [2.24, 2.45) is 30.7 Å². The molecule has 0 saturated carbocycles. The Morgan fingerprint density at radius 3 is 1.47 bits per heavy atom. The van der Waals surface area contributed by atoms with E-state index in [2.05, 4.69) is 36.0 Å². The Balaban J connectivity index is 0.00000300. The van der Waals surface area contributed by atoms with Gasteiger partial charge in [-0.25, -0.2) is 25.3 Å². The Morgan fingerprint density at radius 1 is 0.483 bits per heavy atom. The molecule has 6 aromatic rings. The summed E-state index contributed by atoms with van der Waals surface area (Å²) in [6.07, 6.45) is 0. The molecule has 0 unspecified atom stereocenters. The van der Waals surface area contributed by atoms with Crippen LogP contribution in [0.1, 0.15) is 0 Å². The molecule has 18 nitrogen and oxygen atoms in total. The van der Waals surface area contributed by atoms with Crippen LogP contribution in [0.4, 0.5) is 51.2 Å². The van der Waals surface area contributed by atoms with Crippen molar-refractivity contribution in [1.29, 1.82) is 0 Å². The molecule has 6 rings (SSSR count). The third-order valence-corrected chi connectivity index (χ3v) is 10.1. The van der Waals surface area contributed by atoms with E-state index in [4.69, 9.17) is 5.73 Å². The molecule has 58 heavy (non-hydrogen) atoms. The molecule has 0 aliphatic rings. The first-order chi connectivity index (χ1) is 25.9. The van der Waals surface area contributed by atoms with Crippen LogP contribution in [0.2, 0.25) is 0 Å². The van der Waals surface area contributed by atoms with Crippen LogP contribution in [0.25, 0.3) is 10.8 Å². The maximum Gasteiger partial charge on any atom is 1.00 e. The third kappa shape index (κ3) is 12.5.